The minimum Gasteiger partial charge on any atom is -0.446 e. The number of carbonyl (C=O) groups excluding carboxylic acids is 2. The predicted molar refractivity (Wildman–Crippen MR) is 111 cm³/mol. The van der Waals surface area contributed by atoms with E-state index in [2.05, 4.69) is 5.32 Å². The van der Waals surface area contributed by atoms with Gasteiger partial charge in [-0.2, -0.15) is 0 Å². The van der Waals surface area contributed by atoms with Gasteiger partial charge in [0.2, 0.25) is 6.10 Å². The van der Waals surface area contributed by atoms with Crippen molar-refractivity contribution in [3.05, 3.63) is 100.0 Å². The van der Waals surface area contributed by atoms with Crippen molar-refractivity contribution in [1.82, 2.24) is 4.57 Å². The molecule has 1 N–H and O–H groups in total. The summed E-state index contributed by atoms with van der Waals surface area (Å²) in [6.07, 6.45) is 0.361. The van der Waals surface area contributed by atoms with E-state index in [9.17, 15) is 14.4 Å². The number of nitrogens with zero attached hydrogens (tertiary/aromatic N) is 1. The molecule has 0 radical (unpaired) electrons. The molecule has 0 saturated heterocycles. The van der Waals surface area contributed by atoms with Crippen molar-refractivity contribution in [3.63, 3.8) is 0 Å². The minimum atomic E-state index is -1.14. The van der Waals surface area contributed by atoms with Crippen molar-refractivity contribution in [2.45, 2.75) is 26.5 Å². The van der Waals surface area contributed by atoms with E-state index in [0.717, 1.165) is 11.1 Å². The van der Waals surface area contributed by atoms with E-state index in [-0.39, 0.29) is 12.1 Å². The Morgan fingerprint density at radius 2 is 1.72 bits per heavy atom. The highest BCUT2D eigenvalue weighted by atomic mass is 16.5. The molecule has 0 aliphatic heterocycles. The lowest BCUT2D eigenvalue weighted by molar-refractivity contribution is -0.155. The second-order valence-electron chi connectivity index (χ2n) is 6.75. The lowest BCUT2D eigenvalue weighted by Gasteiger charge is -2.19. The predicted octanol–water partition coefficient (Wildman–Crippen LogP) is 3.39. The van der Waals surface area contributed by atoms with Crippen LogP contribution in [0.2, 0.25) is 0 Å². The van der Waals surface area contributed by atoms with Crippen LogP contribution in [0.15, 0.2) is 77.7 Å². The SMILES string of the molecule is Cc1ccc(C)c(NC(=O)[C@@H](OC(=O)Cn2ccccc2=O)c2ccccc2)c1. The van der Waals surface area contributed by atoms with Crippen LogP contribution in [0.25, 0.3) is 0 Å². The van der Waals surface area contributed by atoms with Crippen LogP contribution < -0.4 is 10.9 Å². The van der Waals surface area contributed by atoms with Gasteiger partial charge in [0, 0.05) is 23.5 Å². The van der Waals surface area contributed by atoms with Crippen molar-refractivity contribution < 1.29 is 14.3 Å². The maximum Gasteiger partial charge on any atom is 0.327 e. The Hall–Kier alpha value is -3.67. The van der Waals surface area contributed by atoms with Crippen LogP contribution in [-0.2, 0) is 20.9 Å². The zero-order valence-corrected chi connectivity index (χ0v) is 16.3. The van der Waals surface area contributed by atoms with Gasteiger partial charge in [0.15, 0.2) is 0 Å². The highest BCUT2D eigenvalue weighted by molar-refractivity contribution is 5.96. The number of benzene rings is 2. The van der Waals surface area contributed by atoms with Crippen LogP contribution in [0, 0.1) is 13.8 Å². The highest BCUT2D eigenvalue weighted by Gasteiger charge is 2.25. The van der Waals surface area contributed by atoms with Gasteiger partial charge in [-0.05, 0) is 37.1 Å². The van der Waals surface area contributed by atoms with E-state index >= 15 is 0 Å². The van der Waals surface area contributed by atoms with Gasteiger partial charge in [-0.25, -0.2) is 0 Å². The lowest BCUT2D eigenvalue weighted by Crippen LogP contribution is -2.29. The molecule has 1 aromatic heterocycles. The summed E-state index contributed by atoms with van der Waals surface area (Å²) in [5.41, 5.74) is 2.79. The first-order valence-electron chi connectivity index (χ1n) is 9.22. The van der Waals surface area contributed by atoms with Crippen molar-refractivity contribution >= 4 is 17.6 Å². The van der Waals surface area contributed by atoms with Crippen LogP contribution >= 0.6 is 0 Å². The number of anilines is 1. The first kappa shape index (κ1) is 20.1. The fourth-order valence-corrected chi connectivity index (χ4v) is 2.87. The molecule has 0 spiro atoms. The van der Waals surface area contributed by atoms with Gasteiger partial charge >= 0.3 is 5.97 Å². The van der Waals surface area contributed by atoms with E-state index in [4.69, 9.17) is 4.74 Å². The summed E-state index contributed by atoms with van der Waals surface area (Å²) >= 11 is 0. The Balaban J connectivity index is 1.82. The number of esters is 1. The van der Waals surface area contributed by atoms with E-state index < -0.39 is 18.0 Å². The maximum absolute atomic E-state index is 13.0. The molecular weight excluding hydrogens is 368 g/mol. The summed E-state index contributed by atoms with van der Waals surface area (Å²) in [6.45, 7) is 3.54. The van der Waals surface area contributed by atoms with Gasteiger partial charge < -0.3 is 14.6 Å². The summed E-state index contributed by atoms with van der Waals surface area (Å²) < 4.78 is 6.72. The summed E-state index contributed by atoms with van der Waals surface area (Å²) in [5.74, 6) is -1.14. The molecule has 0 bridgehead atoms. The van der Waals surface area contributed by atoms with E-state index in [1.165, 1.54) is 16.8 Å². The fraction of sp³-hybridized carbons (Fsp3) is 0.174. The van der Waals surface area contributed by atoms with Crippen LogP contribution in [0.3, 0.4) is 0 Å². The quantitative estimate of drug-likeness (QED) is 0.655. The van der Waals surface area contributed by atoms with Crippen molar-refractivity contribution in [1.29, 1.82) is 0 Å². The number of hydrogen-bond acceptors (Lipinski definition) is 4. The largest absolute Gasteiger partial charge is 0.446 e. The molecule has 3 aromatic rings. The normalized spacial score (nSPS) is 11.5. The van der Waals surface area contributed by atoms with Gasteiger partial charge in [0.25, 0.3) is 11.5 Å². The van der Waals surface area contributed by atoms with Gasteiger partial charge in [0.1, 0.15) is 6.54 Å². The van der Waals surface area contributed by atoms with E-state index in [1.54, 1.807) is 36.4 Å². The smallest absolute Gasteiger partial charge is 0.327 e. The molecule has 0 saturated carbocycles. The number of amides is 1. The number of aryl methyl sites for hydroxylation is 2. The maximum atomic E-state index is 13.0. The van der Waals surface area contributed by atoms with Gasteiger partial charge in [-0.1, -0.05) is 48.5 Å². The van der Waals surface area contributed by atoms with Crippen LogP contribution in [-0.4, -0.2) is 16.4 Å². The molecule has 0 aliphatic rings. The zero-order chi connectivity index (χ0) is 20.8. The highest BCUT2D eigenvalue weighted by Crippen LogP contribution is 2.23. The molecule has 2 aromatic carbocycles. The molecule has 0 aliphatic carbocycles. The summed E-state index contributed by atoms with van der Waals surface area (Å²) in [7, 11) is 0. The third-order valence-electron chi connectivity index (χ3n) is 4.44. The molecule has 0 fully saturated rings. The molecule has 1 atom stereocenters. The van der Waals surface area contributed by atoms with Crippen molar-refractivity contribution in [3.8, 4) is 0 Å². The van der Waals surface area contributed by atoms with E-state index in [1.807, 2.05) is 38.1 Å². The zero-order valence-electron chi connectivity index (χ0n) is 16.3. The Morgan fingerprint density at radius 1 is 1.00 bits per heavy atom. The average Bonchev–Trinajstić information content (AvgIpc) is 2.71. The molecular formula is C23H22N2O4. The number of pyridine rings is 1. The minimum absolute atomic E-state index is 0.278. The third-order valence-corrected chi connectivity index (χ3v) is 4.44. The fourth-order valence-electron chi connectivity index (χ4n) is 2.87. The van der Waals surface area contributed by atoms with Crippen LogP contribution in [0.5, 0.6) is 0 Å². The molecule has 0 unspecified atom stereocenters. The summed E-state index contributed by atoms with van der Waals surface area (Å²) in [5, 5.41) is 2.85. The number of nitrogens with one attached hydrogen (secondary N) is 1. The van der Waals surface area contributed by atoms with Gasteiger partial charge in [-0.15, -0.1) is 0 Å². The number of carbonyl (C=O) groups is 2. The monoisotopic (exact) mass is 390 g/mol. The Labute approximate surface area is 168 Å². The standard InChI is InChI=1S/C23H22N2O4/c1-16-11-12-17(2)19(14-16)24-23(28)22(18-8-4-3-5-9-18)29-21(27)15-25-13-7-6-10-20(25)26/h3-14,22H,15H2,1-2H3,(H,24,28)/t22-/m0/s1. The van der Waals surface area contributed by atoms with E-state index in [0.29, 0.717) is 11.3 Å². The molecule has 6 nitrogen and oxygen atoms in total. The number of ether oxygens (including phenoxy) is 1. The molecule has 29 heavy (non-hydrogen) atoms. The third kappa shape index (κ3) is 5.19. The molecule has 1 amide bonds. The molecule has 3 rings (SSSR count). The summed E-state index contributed by atoms with van der Waals surface area (Å²) in [6, 6.07) is 19.1. The van der Waals surface area contributed by atoms with Gasteiger partial charge in [0.05, 0.1) is 0 Å². The second kappa shape index (κ2) is 9.01. The number of hydrogen-bond donors (Lipinski definition) is 1. The second-order valence-corrected chi connectivity index (χ2v) is 6.75. The van der Waals surface area contributed by atoms with Crippen molar-refractivity contribution in [2.75, 3.05) is 5.32 Å². The topological polar surface area (TPSA) is 77.4 Å². The number of aromatic nitrogens is 1. The first-order valence-corrected chi connectivity index (χ1v) is 9.22. The van der Waals surface area contributed by atoms with Crippen LogP contribution in [0.1, 0.15) is 22.8 Å². The number of rotatable bonds is 6. The first-order chi connectivity index (χ1) is 13.9. The Kier molecular flexibility index (Phi) is 6.24. The Morgan fingerprint density at radius 3 is 2.45 bits per heavy atom. The average molecular weight is 390 g/mol. The summed E-state index contributed by atoms with van der Waals surface area (Å²) in [4.78, 5) is 37.3. The van der Waals surface area contributed by atoms with Crippen molar-refractivity contribution in [2.24, 2.45) is 0 Å². The molecule has 1 heterocycles. The van der Waals surface area contributed by atoms with Crippen LogP contribution in [0.4, 0.5) is 5.69 Å². The van der Waals surface area contributed by atoms with Gasteiger partial charge in [-0.3, -0.25) is 14.4 Å². The Bertz CT molecular complexity index is 1070. The molecule has 6 heteroatoms. The molecule has 148 valence electrons. The lowest BCUT2D eigenvalue weighted by atomic mass is 10.1.